The Morgan fingerprint density at radius 3 is 2.33 bits per heavy atom. The van der Waals surface area contributed by atoms with Crippen LogP contribution in [0.4, 0.5) is 5.69 Å². The first-order valence-corrected chi connectivity index (χ1v) is 10.2. The van der Waals surface area contributed by atoms with Gasteiger partial charge in [0.2, 0.25) is 0 Å². The molecule has 148 valence electrons. The van der Waals surface area contributed by atoms with Crippen LogP contribution in [0.2, 0.25) is 0 Å². The summed E-state index contributed by atoms with van der Waals surface area (Å²) in [5.41, 5.74) is 5.47. The molecule has 6 nitrogen and oxygen atoms in total. The van der Waals surface area contributed by atoms with Gasteiger partial charge in [0.05, 0.1) is 17.5 Å². The van der Waals surface area contributed by atoms with E-state index in [4.69, 9.17) is 0 Å². The van der Waals surface area contributed by atoms with Crippen LogP contribution in [-0.4, -0.2) is 33.4 Å². The van der Waals surface area contributed by atoms with E-state index in [-0.39, 0.29) is 5.75 Å². The van der Waals surface area contributed by atoms with Gasteiger partial charge >= 0.3 is 0 Å². The summed E-state index contributed by atoms with van der Waals surface area (Å²) in [6.07, 6.45) is 5.49. The highest BCUT2D eigenvalue weighted by Gasteiger charge is 2.19. The Morgan fingerprint density at radius 2 is 1.63 bits per heavy atom. The number of phenolic OH excluding ortho intramolecular Hbond substituents is 1. The molecule has 6 heteroatoms. The molecule has 0 saturated carbocycles. The Kier molecular flexibility index (Phi) is 4.56. The highest BCUT2D eigenvalue weighted by atomic mass is 16.3. The molecule has 0 atom stereocenters. The minimum atomic E-state index is 0.174. The molecular weight excluding hydrogens is 374 g/mol. The van der Waals surface area contributed by atoms with Gasteiger partial charge in [-0.15, -0.1) is 0 Å². The maximum absolute atomic E-state index is 10.1. The van der Waals surface area contributed by atoms with E-state index < -0.39 is 0 Å². The molecule has 0 spiro atoms. The number of phenols is 1. The van der Waals surface area contributed by atoms with E-state index in [1.807, 2.05) is 0 Å². The average molecular weight is 395 g/mol. The van der Waals surface area contributed by atoms with Crippen molar-refractivity contribution in [2.24, 2.45) is 0 Å². The third-order valence-corrected chi connectivity index (χ3v) is 5.73. The number of nitrogens with one attached hydrogen (secondary N) is 1. The number of piperidine rings is 1. The smallest absolute Gasteiger partial charge is 0.156 e. The third-order valence-electron chi connectivity index (χ3n) is 5.73. The largest absolute Gasteiger partial charge is 0.508 e. The van der Waals surface area contributed by atoms with E-state index in [9.17, 15) is 10.4 Å². The summed E-state index contributed by atoms with van der Waals surface area (Å²) in [6.45, 7) is 2.18. The molecule has 1 aliphatic rings. The van der Waals surface area contributed by atoms with Crippen LogP contribution in [0.5, 0.6) is 5.75 Å². The predicted octanol–water partition coefficient (Wildman–Crippen LogP) is 4.86. The second kappa shape index (κ2) is 7.53. The molecule has 0 aliphatic carbocycles. The van der Waals surface area contributed by atoms with Crippen LogP contribution in [0.15, 0.2) is 54.7 Å². The number of benzene rings is 2. The Balaban J connectivity index is 1.65. The summed E-state index contributed by atoms with van der Waals surface area (Å²) >= 11 is 0. The topological polar surface area (TPSA) is 88.8 Å². The number of aromatic hydroxyl groups is 1. The lowest BCUT2D eigenvalue weighted by atomic mass is 9.94. The van der Waals surface area contributed by atoms with Crippen molar-refractivity contribution in [3.63, 3.8) is 0 Å². The van der Waals surface area contributed by atoms with Crippen LogP contribution in [0.1, 0.15) is 24.8 Å². The molecule has 0 bridgehead atoms. The van der Waals surface area contributed by atoms with E-state index >= 15 is 0 Å². The van der Waals surface area contributed by atoms with Crippen molar-refractivity contribution in [1.29, 1.82) is 5.26 Å². The fourth-order valence-electron chi connectivity index (χ4n) is 4.20. The summed E-state index contributed by atoms with van der Waals surface area (Å²) in [4.78, 5) is 7.07. The number of rotatable bonds is 3. The van der Waals surface area contributed by atoms with Gasteiger partial charge in [0, 0.05) is 35.3 Å². The van der Waals surface area contributed by atoms with Gasteiger partial charge in [-0.3, -0.25) is 5.10 Å². The maximum Gasteiger partial charge on any atom is 0.156 e. The summed E-state index contributed by atoms with van der Waals surface area (Å²) in [6, 6.07) is 17.5. The van der Waals surface area contributed by atoms with Crippen molar-refractivity contribution >= 4 is 16.7 Å². The van der Waals surface area contributed by atoms with Crippen LogP contribution in [0.25, 0.3) is 33.4 Å². The van der Waals surface area contributed by atoms with Crippen molar-refractivity contribution in [2.75, 3.05) is 18.0 Å². The van der Waals surface area contributed by atoms with Gasteiger partial charge in [0.15, 0.2) is 5.65 Å². The molecule has 2 N–H and O–H groups in total. The average Bonchev–Trinajstić information content (AvgIpc) is 3.27. The second-order valence-electron chi connectivity index (χ2n) is 7.60. The number of nitrogens with zero attached hydrogens (tertiary/aromatic N) is 4. The van der Waals surface area contributed by atoms with Crippen molar-refractivity contribution in [2.45, 2.75) is 19.3 Å². The quantitative estimate of drug-likeness (QED) is 0.517. The van der Waals surface area contributed by atoms with Crippen LogP contribution in [-0.2, 0) is 0 Å². The van der Waals surface area contributed by atoms with Crippen LogP contribution in [0.3, 0.4) is 0 Å². The Hall–Kier alpha value is -3.85. The minimum Gasteiger partial charge on any atom is -0.508 e. The number of anilines is 1. The lowest BCUT2D eigenvalue weighted by Crippen LogP contribution is -2.29. The zero-order valence-corrected chi connectivity index (χ0v) is 16.5. The van der Waals surface area contributed by atoms with Gasteiger partial charge in [0.1, 0.15) is 11.8 Å². The monoisotopic (exact) mass is 395 g/mol. The first kappa shape index (κ1) is 18.2. The number of aromatic amines is 1. The fourth-order valence-corrected chi connectivity index (χ4v) is 4.20. The van der Waals surface area contributed by atoms with Crippen LogP contribution in [0, 0.1) is 11.3 Å². The van der Waals surface area contributed by atoms with Crippen molar-refractivity contribution in [3.05, 3.63) is 60.3 Å². The SMILES string of the molecule is N#Cc1c(-c2ccc(O)cc2)nc2[nH]ncc2c1-c1ccc(N2CCCCC2)cc1. The normalized spacial score (nSPS) is 14.0. The molecule has 4 aromatic rings. The van der Waals surface area contributed by atoms with E-state index in [1.54, 1.807) is 30.5 Å². The van der Waals surface area contributed by atoms with Gasteiger partial charge in [-0.1, -0.05) is 12.1 Å². The van der Waals surface area contributed by atoms with Gasteiger partial charge in [-0.05, 0) is 61.2 Å². The lowest BCUT2D eigenvalue weighted by Gasteiger charge is -2.29. The molecule has 5 rings (SSSR count). The molecule has 2 aromatic carbocycles. The molecular formula is C24H21N5O. The number of hydrogen-bond donors (Lipinski definition) is 2. The molecule has 1 saturated heterocycles. The van der Waals surface area contributed by atoms with Crippen LogP contribution < -0.4 is 4.90 Å². The molecule has 30 heavy (non-hydrogen) atoms. The first-order chi connectivity index (χ1) is 14.7. The summed E-state index contributed by atoms with van der Waals surface area (Å²) < 4.78 is 0. The number of hydrogen-bond acceptors (Lipinski definition) is 5. The highest BCUT2D eigenvalue weighted by molar-refractivity contribution is 5.99. The van der Waals surface area contributed by atoms with Crippen molar-refractivity contribution < 1.29 is 5.11 Å². The minimum absolute atomic E-state index is 0.174. The van der Waals surface area contributed by atoms with E-state index in [0.717, 1.165) is 35.2 Å². The standard InChI is InChI=1S/C24H21N5O/c25-14-20-22(16-4-8-18(9-5-16)29-12-2-1-3-13-29)21-15-26-28-24(21)27-23(20)17-6-10-19(30)11-7-17/h4-11,15,30H,1-3,12-13H2,(H,26,27,28). The number of fused-ring (bicyclic) bond motifs is 1. The molecule has 0 unspecified atom stereocenters. The molecule has 1 fully saturated rings. The maximum atomic E-state index is 10.1. The lowest BCUT2D eigenvalue weighted by molar-refractivity contribution is 0.475. The van der Waals surface area contributed by atoms with Crippen molar-refractivity contribution in [1.82, 2.24) is 15.2 Å². The third kappa shape index (κ3) is 3.15. The van der Waals surface area contributed by atoms with Gasteiger partial charge < -0.3 is 10.0 Å². The summed E-state index contributed by atoms with van der Waals surface area (Å²) in [7, 11) is 0. The van der Waals surface area contributed by atoms with E-state index in [0.29, 0.717) is 16.9 Å². The van der Waals surface area contributed by atoms with E-state index in [2.05, 4.69) is 50.4 Å². The van der Waals surface area contributed by atoms with Crippen LogP contribution >= 0.6 is 0 Å². The van der Waals surface area contributed by atoms with E-state index in [1.165, 1.54) is 24.9 Å². The van der Waals surface area contributed by atoms with Gasteiger partial charge in [-0.25, -0.2) is 4.98 Å². The fraction of sp³-hybridized carbons (Fsp3) is 0.208. The molecule has 1 aliphatic heterocycles. The van der Waals surface area contributed by atoms with Gasteiger partial charge in [0.25, 0.3) is 0 Å². The summed E-state index contributed by atoms with van der Waals surface area (Å²) in [5.74, 6) is 0.174. The predicted molar refractivity (Wildman–Crippen MR) is 117 cm³/mol. The molecule has 0 amide bonds. The molecule has 3 heterocycles. The van der Waals surface area contributed by atoms with Crippen molar-refractivity contribution in [3.8, 4) is 34.2 Å². The summed E-state index contributed by atoms with van der Waals surface area (Å²) in [5, 5.41) is 27.6. The number of pyridine rings is 1. The second-order valence-corrected chi connectivity index (χ2v) is 7.60. The Morgan fingerprint density at radius 1 is 0.933 bits per heavy atom. The molecule has 0 radical (unpaired) electrons. The highest BCUT2D eigenvalue weighted by Crippen LogP contribution is 2.37. The first-order valence-electron chi connectivity index (χ1n) is 10.2. The Labute approximate surface area is 174 Å². The zero-order valence-electron chi connectivity index (χ0n) is 16.5. The number of aromatic nitrogens is 3. The Bertz CT molecular complexity index is 1230. The number of H-pyrrole nitrogens is 1. The zero-order chi connectivity index (χ0) is 20.5. The molecule has 2 aromatic heterocycles. The number of nitriles is 1. The van der Waals surface area contributed by atoms with Gasteiger partial charge in [-0.2, -0.15) is 10.4 Å².